The minimum absolute atomic E-state index is 0.0626. The predicted molar refractivity (Wildman–Crippen MR) is 118 cm³/mol. The Bertz CT molecular complexity index is 1160. The molecule has 31 heavy (non-hydrogen) atoms. The van der Waals surface area contributed by atoms with Gasteiger partial charge in [0.2, 0.25) is 10.0 Å². The summed E-state index contributed by atoms with van der Waals surface area (Å²) >= 11 is 0. The molecule has 0 saturated heterocycles. The van der Waals surface area contributed by atoms with E-state index in [1.807, 2.05) is 31.3 Å². The standard InChI is InChI=1S/C23H27FN4O2S/c1-25-12-18-9-17-11-23(24)19(13-27-31(29,30)20-14-26-28(2)15-20)10-22(17)21(18)8-16-6-4-3-5-7-16/h3-7,10-11,14-15,18,21,25,27H,8-9,12-13H2,1-2H3. The van der Waals surface area contributed by atoms with Crippen molar-refractivity contribution in [1.29, 1.82) is 0 Å². The molecule has 4 rings (SSSR count). The van der Waals surface area contributed by atoms with Gasteiger partial charge in [0.25, 0.3) is 0 Å². The third-order valence-corrected chi connectivity index (χ3v) is 7.32. The first-order valence-electron chi connectivity index (χ1n) is 10.4. The molecule has 0 aliphatic heterocycles. The van der Waals surface area contributed by atoms with Gasteiger partial charge in [-0.1, -0.05) is 36.4 Å². The van der Waals surface area contributed by atoms with Gasteiger partial charge in [0.05, 0.1) is 6.20 Å². The lowest BCUT2D eigenvalue weighted by Crippen LogP contribution is -2.24. The van der Waals surface area contributed by atoms with Crippen LogP contribution in [0, 0.1) is 11.7 Å². The Morgan fingerprint density at radius 2 is 2.00 bits per heavy atom. The van der Waals surface area contributed by atoms with Gasteiger partial charge in [-0.25, -0.2) is 17.5 Å². The van der Waals surface area contributed by atoms with Gasteiger partial charge in [-0.15, -0.1) is 0 Å². The Hall–Kier alpha value is -2.55. The van der Waals surface area contributed by atoms with E-state index in [1.54, 1.807) is 13.1 Å². The smallest absolute Gasteiger partial charge is 0.243 e. The van der Waals surface area contributed by atoms with Crippen LogP contribution in [0.15, 0.2) is 59.8 Å². The zero-order valence-electron chi connectivity index (χ0n) is 17.7. The van der Waals surface area contributed by atoms with Crippen LogP contribution in [0.2, 0.25) is 0 Å². The second-order valence-electron chi connectivity index (χ2n) is 8.13. The Kier molecular flexibility index (Phi) is 6.22. The van der Waals surface area contributed by atoms with Crippen molar-refractivity contribution >= 4 is 10.0 Å². The van der Waals surface area contributed by atoms with Crippen molar-refractivity contribution in [2.75, 3.05) is 13.6 Å². The number of hydrogen-bond acceptors (Lipinski definition) is 4. The van der Waals surface area contributed by atoms with Crippen LogP contribution in [0.4, 0.5) is 4.39 Å². The molecule has 164 valence electrons. The molecule has 6 nitrogen and oxygen atoms in total. The molecule has 1 aliphatic rings. The van der Waals surface area contributed by atoms with Crippen LogP contribution >= 0.6 is 0 Å². The third-order valence-electron chi connectivity index (χ3n) is 5.97. The van der Waals surface area contributed by atoms with Gasteiger partial charge in [0.1, 0.15) is 10.7 Å². The van der Waals surface area contributed by atoms with Gasteiger partial charge in [0, 0.05) is 25.4 Å². The molecular formula is C23H27FN4O2S. The summed E-state index contributed by atoms with van der Waals surface area (Å²) in [5.74, 6) is 0.234. The average Bonchev–Trinajstić information content (AvgIpc) is 3.32. The molecule has 1 aromatic heterocycles. The van der Waals surface area contributed by atoms with Crippen LogP contribution in [-0.2, 0) is 36.5 Å². The molecule has 2 atom stereocenters. The number of nitrogens with zero attached hydrogens (tertiary/aromatic N) is 2. The number of fused-ring (bicyclic) bond motifs is 1. The fourth-order valence-corrected chi connectivity index (χ4v) is 5.42. The van der Waals surface area contributed by atoms with Crippen LogP contribution in [0.3, 0.4) is 0 Å². The number of rotatable bonds is 8. The maximum Gasteiger partial charge on any atom is 0.243 e. The van der Waals surface area contributed by atoms with E-state index in [9.17, 15) is 12.8 Å². The van der Waals surface area contributed by atoms with Gasteiger partial charge < -0.3 is 5.32 Å². The van der Waals surface area contributed by atoms with Crippen LogP contribution in [-0.4, -0.2) is 31.8 Å². The highest BCUT2D eigenvalue weighted by Crippen LogP contribution is 2.41. The first-order valence-corrected chi connectivity index (χ1v) is 11.8. The lowest BCUT2D eigenvalue weighted by Gasteiger charge is -2.21. The topological polar surface area (TPSA) is 76.0 Å². The maximum atomic E-state index is 14.8. The zero-order chi connectivity index (χ0) is 22.0. The molecule has 0 radical (unpaired) electrons. The van der Waals surface area contributed by atoms with Crippen molar-refractivity contribution in [2.24, 2.45) is 13.0 Å². The van der Waals surface area contributed by atoms with Gasteiger partial charge in [-0.3, -0.25) is 4.68 Å². The van der Waals surface area contributed by atoms with Crippen molar-refractivity contribution < 1.29 is 12.8 Å². The highest BCUT2D eigenvalue weighted by molar-refractivity contribution is 7.89. The number of hydrogen-bond donors (Lipinski definition) is 2. The summed E-state index contributed by atoms with van der Waals surface area (Å²) < 4.78 is 43.8. The van der Waals surface area contributed by atoms with Gasteiger partial charge in [0.15, 0.2) is 0 Å². The molecule has 0 bridgehead atoms. The highest BCUT2D eigenvalue weighted by Gasteiger charge is 2.33. The number of aromatic nitrogens is 2. The summed E-state index contributed by atoms with van der Waals surface area (Å²) in [6.07, 6.45) is 4.37. The van der Waals surface area contributed by atoms with Crippen LogP contribution < -0.4 is 10.0 Å². The van der Waals surface area contributed by atoms with E-state index in [2.05, 4.69) is 27.3 Å². The molecule has 1 heterocycles. The van der Waals surface area contributed by atoms with E-state index in [0.29, 0.717) is 11.5 Å². The van der Waals surface area contributed by atoms with E-state index in [-0.39, 0.29) is 23.2 Å². The van der Waals surface area contributed by atoms with E-state index in [4.69, 9.17) is 0 Å². The van der Waals surface area contributed by atoms with Crippen molar-refractivity contribution in [3.63, 3.8) is 0 Å². The number of benzene rings is 2. The SMILES string of the molecule is CNCC1Cc2cc(F)c(CNS(=O)(=O)c3cnn(C)c3)cc2C1Cc1ccccc1. The number of halogens is 1. The van der Waals surface area contributed by atoms with E-state index >= 15 is 0 Å². The normalized spacial score (nSPS) is 18.3. The number of nitrogens with one attached hydrogen (secondary N) is 2. The van der Waals surface area contributed by atoms with Crippen molar-refractivity contribution in [2.45, 2.75) is 30.2 Å². The molecule has 8 heteroatoms. The molecular weight excluding hydrogens is 415 g/mol. The molecule has 0 fully saturated rings. The fourth-order valence-electron chi connectivity index (χ4n) is 4.43. The maximum absolute atomic E-state index is 14.8. The Balaban J connectivity index is 1.59. The van der Waals surface area contributed by atoms with E-state index in [0.717, 1.165) is 30.5 Å². The molecule has 2 N–H and O–H groups in total. The number of sulfonamides is 1. The summed E-state index contributed by atoms with van der Waals surface area (Å²) in [7, 11) is -0.181. The average molecular weight is 443 g/mol. The lowest BCUT2D eigenvalue weighted by molar-refractivity contribution is 0.436. The fraction of sp³-hybridized carbons (Fsp3) is 0.348. The monoisotopic (exact) mass is 442 g/mol. The van der Waals surface area contributed by atoms with Gasteiger partial charge >= 0.3 is 0 Å². The molecule has 3 aromatic rings. The minimum atomic E-state index is -3.76. The largest absolute Gasteiger partial charge is 0.319 e. The van der Waals surface area contributed by atoms with Crippen LogP contribution in [0.25, 0.3) is 0 Å². The second-order valence-corrected chi connectivity index (χ2v) is 9.90. The molecule has 2 aromatic carbocycles. The predicted octanol–water partition coefficient (Wildman–Crippen LogP) is 2.76. The van der Waals surface area contributed by atoms with Crippen molar-refractivity contribution in [3.05, 3.63) is 82.9 Å². The zero-order valence-corrected chi connectivity index (χ0v) is 18.5. The Morgan fingerprint density at radius 3 is 2.68 bits per heavy atom. The molecule has 0 saturated carbocycles. The quantitative estimate of drug-likeness (QED) is 0.563. The summed E-state index contributed by atoms with van der Waals surface area (Å²) in [6.45, 7) is 0.738. The van der Waals surface area contributed by atoms with Crippen molar-refractivity contribution in [3.8, 4) is 0 Å². The minimum Gasteiger partial charge on any atom is -0.319 e. The van der Waals surface area contributed by atoms with Crippen molar-refractivity contribution in [1.82, 2.24) is 19.8 Å². The third kappa shape index (κ3) is 4.71. The van der Waals surface area contributed by atoms with E-state index in [1.165, 1.54) is 22.6 Å². The Morgan fingerprint density at radius 1 is 1.23 bits per heavy atom. The summed E-state index contributed by atoms with van der Waals surface area (Å²) in [6, 6.07) is 13.7. The van der Waals surface area contributed by atoms with Crippen LogP contribution in [0.5, 0.6) is 0 Å². The lowest BCUT2D eigenvalue weighted by atomic mass is 9.86. The highest BCUT2D eigenvalue weighted by atomic mass is 32.2. The second kappa shape index (κ2) is 8.90. The molecule has 0 amide bonds. The molecule has 2 unspecified atom stereocenters. The molecule has 0 spiro atoms. The summed E-state index contributed by atoms with van der Waals surface area (Å²) in [5, 5.41) is 7.16. The Labute approximate surface area is 182 Å². The van der Waals surface area contributed by atoms with Crippen LogP contribution in [0.1, 0.15) is 28.2 Å². The first kappa shape index (κ1) is 21.7. The van der Waals surface area contributed by atoms with Gasteiger partial charge in [-0.05, 0) is 61.0 Å². The van der Waals surface area contributed by atoms with E-state index < -0.39 is 10.0 Å². The summed E-state index contributed by atoms with van der Waals surface area (Å²) in [4.78, 5) is 0.0626. The summed E-state index contributed by atoms with van der Waals surface area (Å²) in [5.41, 5.74) is 3.72. The van der Waals surface area contributed by atoms with Gasteiger partial charge in [-0.2, -0.15) is 5.10 Å². The molecule has 1 aliphatic carbocycles. The number of aryl methyl sites for hydroxylation is 1. The first-order chi connectivity index (χ1) is 14.9.